The van der Waals surface area contributed by atoms with Crippen molar-refractivity contribution in [2.45, 2.75) is 34.4 Å². The van der Waals surface area contributed by atoms with E-state index in [1.807, 2.05) is 43.3 Å². The molecule has 0 aliphatic rings. The van der Waals surface area contributed by atoms with E-state index in [-0.39, 0.29) is 12.7 Å². The molecule has 3 aromatic rings. The molecule has 2 aromatic carbocycles. The zero-order chi connectivity index (χ0) is 20.3. The fourth-order valence-corrected chi connectivity index (χ4v) is 2.74. The van der Waals surface area contributed by atoms with Crippen LogP contribution in [0.3, 0.4) is 0 Å². The maximum atomic E-state index is 11.9. The fraction of sp³-hybridized carbons (Fsp3) is 0.273. The van der Waals surface area contributed by atoms with Crippen LogP contribution in [-0.4, -0.2) is 27.0 Å². The standard InChI is InChI=1S/C22H23N3O3/c1-15-10-18(8-9-19(15)17-7-5-6-16(11-17)12-26)20-23-13-25(24-20)14-28-21(27)22(2,3)4/h5-13H,14H2,1-4H3. The van der Waals surface area contributed by atoms with Crippen LogP contribution in [0.5, 0.6) is 0 Å². The summed E-state index contributed by atoms with van der Waals surface area (Å²) in [5.41, 5.74) is 4.04. The number of hydrogen-bond acceptors (Lipinski definition) is 5. The van der Waals surface area contributed by atoms with Gasteiger partial charge in [-0.05, 0) is 56.5 Å². The minimum atomic E-state index is -0.558. The van der Waals surface area contributed by atoms with Gasteiger partial charge in [0.05, 0.1) is 5.41 Å². The second-order valence-corrected chi connectivity index (χ2v) is 7.69. The lowest BCUT2D eigenvalue weighted by molar-refractivity contribution is -0.157. The first-order chi connectivity index (χ1) is 13.3. The van der Waals surface area contributed by atoms with Crippen molar-refractivity contribution in [1.82, 2.24) is 14.8 Å². The van der Waals surface area contributed by atoms with Crippen molar-refractivity contribution in [1.29, 1.82) is 0 Å². The Labute approximate surface area is 164 Å². The van der Waals surface area contributed by atoms with Crippen LogP contribution in [-0.2, 0) is 16.3 Å². The third-order valence-electron chi connectivity index (χ3n) is 4.30. The van der Waals surface area contributed by atoms with Gasteiger partial charge in [-0.3, -0.25) is 9.59 Å². The Balaban J connectivity index is 1.78. The Morgan fingerprint density at radius 3 is 2.61 bits per heavy atom. The molecule has 6 heteroatoms. The predicted molar refractivity (Wildman–Crippen MR) is 107 cm³/mol. The molecule has 144 valence electrons. The molecule has 0 spiro atoms. The normalized spacial score (nSPS) is 11.3. The van der Waals surface area contributed by atoms with E-state index < -0.39 is 5.41 Å². The summed E-state index contributed by atoms with van der Waals surface area (Å²) in [5.74, 6) is 0.269. The first-order valence-corrected chi connectivity index (χ1v) is 9.01. The smallest absolute Gasteiger partial charge is 0.313 e. The molecule has 0 aliphatic carbocycles. The fourth-order valence-electron chi connectivity index (χ4n) is 2.74. The monoisotopic (exact) mass is 377 g/mol. The van der Waals surface area contributed by atoms with E-state index in [2.05, 4.69) is 10.1 Å². The third kappa shape index (κ3) is 4.34. The second-order valence-electron chi connectivity index (χ2n) is 7.69. The number of esters is 1. The number of aldehydes is 1. The Morgan fingerprint density at radius 2 is 1.93 bits per heavy atom. The number of rotatable bonds is 5. The van der Waals surface area contributed by atoms with Crippen molar-refractivity contribution in [3.05, 3.63) is 59.9 Å². The van der Waals surface area contributed by atoms with Gasteiger partial charge in [-0.2, -0.15) is 0 Å². The Hall–Kier alpha value is -3.28. The summed E-state index contributed by atoms with van der Waals surface area (Å²) >= 11 is 0. The lowest BCUT2D eigenvalue weighted by Crippen LogP contribution is -2.24. The molecule has 1 heterocycles. The van der Waals surface area contributed by atoms with Crippen LogP contribution in [0.25, 0.3) is 22.5 Å². The van der Waals surface area contributed by atoms with Crippen LogP contribution < -0.4 is 0 Å². The van der Waals surface area contributed by atoms with Crippen molar-refractivity contribution in [2.75, 3.05) is 0 Å². The number of aryl methyl sites for hydroxylation is 1. The SMILES string of the molecule is Cc1cc(-c2ncn(COC(=O)C(C)(C)C)n2)ccc1-c1cccc(C=O)c1. The van der Waals surface area contributed by atoms with Gasteiger partial charge in [0.2, 0.25) is 0 Å². The molecule has 0 fully saturated rings. The zero-order valence-electron chi connectivity index (χ0n) is 16.5. The van der Waals surface area contributed by atoms with Gasteiger partial charge in [0.1, 0.15) is 12.6 Å². The molecule has 0 N–H and O–H groups in total. The first-order valence-electron chi connectivity index (χ1n) is 9.01. The van der Waals surface area contributed by atoms with Gasteiger partial charge in [0, 0.05) is 11.1 Å². The molecule has 0 saturated carbocycles. The highest BCUT2D eigenvalue weighted by Crippen LogP contribution is 2.27. The Morgan fingerprint density at radius 1 is 1.14 bits per heavy atom. The average Bonchev–Trinajstić information content (AvgIpc) is 3.14. The number of benzene rings is 2. The van der Waals surface area contributed by atoms with Crippen LogP contribution in [0.1, 0.15) is 36.7 Å². The maximum Gasteiger partial charge on any atom is 0.313 e. The van der Waals surface area contributed by atoms with Crippen molar-refractivity contribution >= 4 is 12.3 Å². The van der Waals surface area contributed by atoms with E-state index in [4.69, 9.17) is 4.74 Å². The molecule has 3 rings (SSSR count). The third-order valence-corrected chi connectivity index (χ3v) is 4.30. The topological polar surface area (TPSA) is 74.1 Å². The van der Waals surface area contributed by atoms with Crippen LogP contribution in [0.15, 0.2) is 48.8 Å². The van der Waals surface area contributed by atoms with Gasteiger partial charge in [0.15, 0.2) is 12.6 Å². The van der Waals surface area contributed by atoms with Gasteiger partial charge in [-0.25, -0.2) is 9.67 Å². The number of nitrogens with zero attached hydrogens (tertiary/aromatic N) is 3. The predicted octanol–water partition coefficient (Wildman–Crippen LogP) is 4.28. The Kier molecular flexibility index (Phi) is 5.40. The minimum absolute atomic E-state index is 0.0264. The molecule has 0 bridgehead atoms. The number of hydrogen-bond donors (Lipinski definition) is 0. The second kappa shape index (κ2) is 7.76. The van der Waals surface area contributed by atoms with Crippen molar-refractivity contribution in [3.63, 3.8) is 0 Å². The summed E-state index contributed by atoms with van der Waals surface area (Å²) in [6.45, 7) is 7.44. The van der Waals surface area contributed by atoms with E-state index in [9.17, 15) is 9.59 Å². The van der Waals surface area contributed by atoms with Crippen LogP contribution >= 0.6 is 0 Å². The summed E-state index contributed by atoms with van der Waals surface area (Å²) in [6, 6.07) is 13.4. The number of carbonyl (C=O) groups is 2. The average molecular weight is 377 g/mol. The van der Waals surface area contributed by atoms with Gasteiger partial charge in [-0.15, -0.1) is 5.10 Å². The van der Waals surface area contributed by atoms with E-state index >= 15 is 0 Å². The van der Waals surface area contributed by atoms with Crippen LogP contribution in [0.2, 0.25) is 0 Å². The highest BCUT2D eigenvalue weighted by Gasteiger charge is 2.23. The van der Waals surface area contributed by atoms with Gasteiger partial charge < -0.3 is 4.74 Å². The molecule has 0 radical (unpaired) electrons. The number of carbonyl (C=O) groups excluding carboxylic acids is 2. The van der Waals surface area contributed by atoms with E-state index in [1.54, 1.807) is 33.2 Å². The molecule has 28 heavy (non-hydrogen) atoms. The molecular weight excluding hydrogens is 354 g/mol. The van der Waals surface area contributed by atoms with Crippen LogP contribution in [0.4, 0.5) is 0 Å². The highest BCUT2D eigenvalue weighted by atomic mass is 16.5. The lowest BCUT2D eigenvalue weighted by atomic mass is 9.97. The summed E-state index contributed by atoms with van der Waals surface area (Å²) < 4.78 is 6.75. The quantitative estimate of drug-likeness (QED) is 0.490. The summed E-state index contributed by atoms with van der Waals surface area (Å²) in [6.07, 6.45) is 2.39. The van der Waals surface area contributed by atoms with E-state index in [0.29, 0.717) is 11.4 Å². The van der Waals surface area contributed by atoms with Gasteiger partial charge in [0.25, 0.3) is 0 Å². The molecule has 0 amide bonds. The summed E-state index contributed by atoms with van der Waals surface area (Å²) in [5, 5.41) is 4.39. The molecule has 0 atom stereocenters. The molecule has 0 aliphatic heterocycles. The van der Waals surface area contributed by atoms with E-state index in [0.717, 1.165) is 28.5 Å². The first kappa shape index (κ1) is 19.5. The molecule has 0 unspecified atom stereocenters. The van der Waals surface area contributed by atoms with E-state index in [1.165, 1.54) is 4.68 Å². The molecule has 6 nitrogen and oxygen atoms in total. The maximum absolute atomic E-state index is 11.9. The summed E-state index contributed by atoms with van der Waals surface area (Å²) in [4.78, 5) is 27.2. The minimum Gasteiger partial charge on any atom is -0.442 e. The molecule has 0 saturated heterocycles. The Bertz CT molecular complexity index is 1020. The van der Waals surface area contributed by atoms with Crippen molar-refractivity contribution in [2.24, 2.45) is 5.41 Å². The molecular formula is C22H23N3O3. The highest BCUT2D eigenvalue weighted by molar-refractivity contribution is 5.80. The number of ether oxygens (including phenoxy) is 1. The number of aromatic nitrogens is 3. The van der Waals surface area contributed by atoms with Gasteiger partial charge in [-0.1, -0.05) is 30.3 Å². The van der Waals surface area contributed by atoms with Crippen molar-refractivity contribution in [3.8, 4) is 22.5 Å². The van der Waals surface area contributed by atoms with Gasteiger partial charge >= 0.3 is 5.97 Å². The van der Waals surface area contributed by atoms with Crippen LogP contribution in [0, 0.1) is 12.3 Å². The molecule has 1 aromatic heterocycles. The largest absolute Gasteiger partial charge is 0.442 e. The van der Waals surface area contributed by atoms with Crippen molar-refractivity contribution < 1.29 is 14.3 Å². The summed E-state index contributed by atoms with van der Waals surface area (Å²) in [7, 11) is 0. The lowest BCUT2D eigenvalue weighted by Gasteiger charge is -2.16. The zero-order valence-corrected chi connectivity index (χ0v) is 16.5.